The quantitative estimate of drug-likeness (QED) is 0.669. The Labute approximate surface area is 113 Å². The lowest BCUT2D eigenvalue weighted by Crippen LogP contribution is -2.42. The van der Waals surface area contributed by atoms with Crippen LogP contribution in [-0.2, 0) is 11.8 Å². The van der Waals surface area contributed by atoms with Crippen LogP contribution in [0.3, 0.4) is 0 Å². The summed E-state index contributed by atoms with van der Waals surface area (Å²) in [4.78, 5) is 0. The molecular weight excluding hydrogens is 216 g/mol. The number of hydrogen-bond acceptors (Lipinski definition) is 0. The van der Waals surface area contributed by atoms with Gasteiger partial charge in [-0.25, -0.2) is 0 Å². The molecule has 0 heteroatoms. The smallest absolute Gasteiger partial charge is 0.000683 e. The molecule has 1 aliphatic carbocycles. The predicted molar refractivity (Wildman–Crippen MR) is 80.0 cm³/mol. The highest BCUT2D eigenvalue weighted by Gasteiger charge is 2.43. The second-order valence-electron chi connectivity index (χ2n) is 6.17. The Bertz CT molecular complexity index is 381. The molecule has 100 valence electrons. The van der Waals surface area contributed by atoms with Crippen molar-refractivity contribution >= 4 is 0 Å². The summed E-state index contributed by atoms with van der Waals surface area (Å²) in [6.07, 6.45) is 6.61. The van der Waals surface area contributed by atoms with E-state index < -0.39 is 0 Å². The van der Waals surface area contributed by atoms with Crippen LogP contribution in [-0.4, -0.2) is 0 Å². The van der Waals surface area contributed by atoms with Gasteiger partial charge in [-0.1, -0.05) is 64.8 Å². The van der Waals surface area contributed by atoms with Crippen LogP contribution in [0.25, 0.3) is 0 Å². The fraction of sp³-hybridized carbons (Fsp3) is 0.667. The first kappa shape index (κ1) is 13.6. The van der Waals surface area contributed by atoms with Crippen molar-refractivity contribution in [2.45, 2.75) is 65.2 Å². The molecule has 1 aromatic rings. The Kier molecular flexibility index (Phi) is 4.14. The molecule has 2 rings (SSSR count). The van der Waals surface area contributed by atoms with Gasteiger partial charge in [-0.3, -0.25) is 0 Å². The molecule has 0 aromatic heterocycles. The first-order chi connectivity index (χ1) is 8.66. The van der Waals surface area contributed by atoms with E-state index >= 15 is 0 Å². The van der Waals surface area contributed by atoms with Crippen molar-refractivity contribution in [2.24, 2.45) is 11.8 Å². The molecule has 18 heavy (non-hydrogen) atoms. The largest absolute Gasteiger partial charge is 0.0651 e. The average Bonchev–Trinajstić information content (AvgIpc) is 2.44. The third-order valence-corrected chi connectivity index (χ3v) is 5.54. The van der Waals surface area contributed by atoms with Gasteiger partial charge in [0.1, 0.15) is 0 Å². The van der Waals surface area contributed by atoms with E-state index in [0.29, 0.717) is 5.41 Å². The van der Waals surface area contributed by atoms with E-state index in [2.05, 4.69) is 52.0 Å². The van der Waals surface area contributed by atoms with Crippen molar-refractivity contribution in [3.8, 4) is 0 Å². The zero-order valence-electron chi connectivity index (χ0n) is 12.5. The maximum atomic E-state index is 2.47. The van der Waals surface area contributed by atoms with Crippen LogP contribution in [0.5, 0.6) is 0 Å². The second-order valence-corrected chi connectivity index (χ2v) is 6.17. The summed E-state index contributed by atoms with van der Waals surface area (Å²) in [5.74, 6) is 1.57. The van der Waals surface area contributed by atoms with E-state index in [9.17, 15) is 0 Å². The Hall–Kier alpha value is -0.780. The molecule has 0 N–H and O–H groups in total. The van der Waals surface area contributed by atoms with Crippen molar-refractivity contribution in [2.75, 3.05) is 0 Å². The Morgan fingerprint density at radius 2 is 1.67 bits per heavy atom. The molecule has 1 aromatic carbocycles. The van der Waals surface area contributed by atoms with Crippen LogP contribution >= 0.6 is 0 Å². The lowest BCUT2D eigenvalue weighted by molar-refractivity contribution is 0.153. The normalized spacial score (nSPS) is 26.4. The van der Waals surface area contributed by atoms with E-state index in [1.807, 2.05) is 0 Å². The van der Waals surface area contributed by atoms with Crippen LogP contribution in [0.2, 0.25) is 0 Å². The highest BCUT2D eigenvalue weighted by atomic mass is 14.5. The molecule has 0 bridgehead atoms. The summed E-state index contributed by atoms with van der Waals surface area (Å²) in [5.41, 5.74) is 3.71. The van der Waals surface area contributed by atoms with Gasteiger partial charge in [0.25, 0.3) is 0 Å². The first-order valence-electron chi connectivity index (χ1n) is 7.75. The van der Waals surface area contributed by atoms with Crippen LogP contribution in [0.4, 0.5) is 0 Å². The number of fused-ring (bicyclic) bond motifs is 1. The van der Waals surface area contributed by atoms with Crippen molar-refractivity contribution in [3.63, 3.8) is 0 Å². The third kappa shape index (κ3) is 2.00. The summed E-state index contributed by atoms with van der Waals surface area (Å²) in [6.45, 7) is 9.64. The van der Waals surface area contributed by atoms with Gasteiger partial charge >= 0.3 is 0 Å². The fourth-order valence-electron chi connectivity index (χ4n) is 4.14. The lowest BCUT2D eigenvalue weighted by atomic mass is 9.56. The van der Waals surface area contributed by atoms with E-state index in [0.717, 1.165) is 11.8 Å². The standard InChI is InChI=1S/C18H28/c1-5-14(3)18(15(4)6-2)13-9-11-16-10-7-8-12-17(16)18/h7-8,10,12,14-15H,5-6,9,11,13H2,1-4H3. The third-order valence-electron chi connectivity index (χ3n) is 5.54. The SMILES string of the molecule is CCC(C)C1(C(C)CC)CCCc2ccccc21. The summed E-state index contributed by atoms with van der Waals surface area (Å²) >= 11 is 0. The Balaban J connectivity index is 2.55. The van der Waals surface area contributed by atoms with E-state index in [-0.39, 0.29) is 0 Å². The zero-order chi connectivity index (χ0) is 13.2. The van der Waals surface area contributed by atoms with E-state index in [1.165, 1.54) is 32.1 Å². The molecule has 0 saturated carbocycles. The van der Waals surface area contributed by atoms with Crippen LogP contribution in [0.1, 0.15) is 64.5 Å². The summed E-state index contributed by atoms with van der Waals surface area (Å²) in [6, 6.07) is 9.21. The molecule has 0 saturated heterocycles. The minimum atomic E-state index is 0.429. The molecule has 0 aliphatic heterocycles. The maximum absolute atomic E-state index is 2.47. The topological polar surface area (TPSA) is 0 Å². The van der Waals surface area contributed by atoms with E-state index in [1.54, 1.807) is 11.1 Å². The summed E-state index contributed by atoms with van der Waals surface area (Å²) < 4.78 is 0. The predicted octanol–water partition coefficient (Wildman–Crippen LogP) is 5.35. The van der Waals surface area contributed by atoms with Crippen LogP contribution in [0.15, 0.2) is 24.3 Å². The molecular formula is C18H28. The van der Waals surface area contributed by atoms with Gasteiger partial charge in [-0.2, -0.15) is 0 Å². The average molecular weight is 244 g/mol. The van der Waals surface area contributed by atoms with Gasteiger partial charge in [0.2, 0.25) is 0 Å². The van der Waals surface area contributed by atoms with Gasteiger partial charge in [-0.15, -0.1) is 0 Å². The van der Waals surface area contributed by atoms with Gasteiger partial charge in [0.05, 0.1) is 0 Å². The van der Waals surface area contributed by atoms with Gasteiger partial charge < -0.3 is 0 Å². The van der Waals surface area contributed by atoms with Gasteiger partial charge in [-0.05, 0) is 42.2 Å². The molecule has 0 radical (unpaired) electrons. The zero-order valence-corrected chi connectivity index (χ0v) is 12.5. The van der Waals surface area contributed by atoms with Crippen molar-refractivity contribution in [1.82, 2.24) is 0 Å². The van der Waals surface area contributed by atoms with Crippen LogP contribution in [0, 0.1) is 11.8 Å². The maximum Gasteiger partial charge on any atom is 0.000683 e. The summed E-state index contributed by atoms with van der Waals surface area (Å²) in [7, 11) is 0. The monoisotopic (exact) mass is 244 g/mol. The minimum Gasteiger partial charge on any atom is -0.0651 e. The van der Waals surface area contributed by atoms with Gasteiger partial charge in [0.15, 0.2) is 0 Å². The van der Waals surface area contributed by atoms with E-state index in [4.69, 9.17) is 0 Å². The molecule has 0 amide bonds. The van der Waals surface area contributed by atoms with Crippen molar-refractivity contribution in [1.29, 1.82) is 0 Å². The van der Waals surface area contributed by atoms with Crippen LogP contribution < -0.4 is 0 Å². The molecule has 0 nitrogen and oxygen atoms in total. The highest BCUT2D eigenvalue weighted by molar-refractivity contribution is 5.38. The Morgan fingerprint density at radius 3 is 2.28 bits per heavy atom. The molecule has 0 spiro atoms. The molecule has 2 atom stereocenters. The molecule has 1 aliphatic rings. The second kappa shape index (κ2) is 5.47. The summed E-state index contributed by atoms with van der Waals surface area (Å²) in [5, 5.41) is 0. The van der Waals surface area contributed by atoms with Gasteiger partial charge in [0, 0.05) is 5.41 Å². The lowest BCUT2D eigenvalue weighted by Gasteiger charge is -2.48. The minimum absolute atomic E-state index is 0.429. The molecule has 0 heterocycles. The van der Waals surface area contributed by atoms with Crippen molar-refractivity contribution in [3.05, 3.63) is 35.4 Å². The number of benzene rings is 1. The highest BCUT2D eigenvalue weighted by Crippen LogP contribution is 2.49. The number of hydrogen-bond donors (Lipinski definition) is 0. The number of rotatable bonds is 4. The fourth-order valence-corrected chi connectivity index (χ4v) is 4.14. The Morgan fingerprint density at radius 1 is 1.06 bits per heavy atom. The first-order valence-corrected chi connectivity index (χ1v) is 7.75. The molecule has 0 fully saturated rings. The van der Waals surface area contributed by atoms with Crippen molar-refractivity contribution < 1.29 is 0 Å². The molecule has 2 unspecified atom stereocenters. The number of aryl methyl sites for hydroxylation is 1.